The van der Waals surface area contributed by atoms with Gasteiger partial charge in [0, 0.05) is 0 Å². The van der Waals surface area contributed by atoms with E-state index < -0.39 is 21.5 Å². The zero-order valence-electron chi connectivity index (χ0n) is 24.4. The molecule has 0 N–H and O–H groups in total. The van der Waals surface area contributed by atoms with Crippen LogP contribution in [0.15, 0.2) is 96.1 Å². The molecule has 0 heterocycles. The van der Waals surface area contributed by atoms with Gasteiger partial charge in [-0.15, -0.1) is 0 Å². The topological polar surface area (TPSA) is 0 Å². The summed E-state index contributed by atoms with van der Waals surface area (Å²) in [6.45, 7) is 9.07. The van der Waals surface area contributed by atoms with Crippen molar-refractivity contribution in [2.45, 2.75) is 47.0 Å². The summed E-state index contributed by atoms with van der Waals surface area (Å²) in [6.07, 6.45) is 6.29. The molecule has 0 saturated heterocycles. The summed E-state index contributed by atoms with van der Waals surface area (Å²) in [4.78, 5) is 0. The van der Waals surface area contributed by atoms with Crippen molar-refractivity contribution in [1.82, 2.24) is 0 Å². The molecule has 42 heavy (non-hydrogen) atoms. The van der Waals surface area contributed by atoms with Crippen LogP contribution in [0.2, 0.25) is 13.1 Å². The van der Waals surface area contributed by atoms with Crippen LogP contribution in [0.25, 0.3) is 34.4 Å². The third-order valence-electron chi connectivity index (χ3n) is 9.60. The standard InChI is InChI=1S/2C17H14F.C2H7Si.2ClH.Zr/c2*1-2-12-9-13-6-4-8-16(17(13)10-12)14-5-3-7-15(18)11-14;1-3-2;;;/h2*3-11H,2H2,1H3;3H,1-2H3;2*1H;/q;;;;;+2/p-2. The van der Waals surface area contributed by atoms with E-state index in [2.05, 4.69) is 75.5 Å². The first kappa shape index (κ1) is 29.9. The summed E-state index contributed by atoms with van der Waals surface area (Å²) in [7, 11) is 16.9. The van der Waals surface area contributed by atoms with Crippen LogP contribution in [-0.4, -0.2) is 5.92 Å². The van der Waals surface area contributed by atoms with Crippen LogP contribution in [0.4, 0.5) is 8.78 Å². The van der Waals surface area contributed by atoms with Crippen LogP contribution in [0.3, 0.4) is 0 Å². The third-order valence-corrected chi connectivity index (χ3v) is 61.4. The molecule has 4 aromatic carbocycles. The summed E-state index contributed by atoms with van der Waals surface area (Å²) in [5.41, 5.74) is 11.0. The molecule has 0 spiro atoms. The summed E-state index contributed by atoms with van der Waals surface area (Å²) >= 11 is -4.88. The molecule has 6 rings (SSSR count). The van der Waals surface area contributed by atoms with Crippen molar-refractivity contribution in [2.24, 2.45) is 0 Å². The predicted octanol–water partition coefficient (Wildman–Crippen LogP) is 11.7. The molecule has 0 saturated carbocycles. The van der Waals surface area contributed by atoms with Crippen LogP contribution in [0, 0.1) is 11.6 Å². The van der Waals surface area contributed by atoms with Crippen LogP contribution >= 0.6 is 17.0 Å². The maximum absolute atomic E-state index is 14.3. The quantitative estimate of drug-likeness (QED) is 0.169. The van der Waals surface area contributed by atoms with E-state index in [1.165, 1.54) is 34.4 Å². The number of halogens is 4. The van der Waals surface area contributed by atoms with Crippen molar-refractivity contribution in [1.29, 1.82) is 0 Å². The van der Waals surface area contributed by atoms with Crippen LogP contribution in [0.1, 0.15) is 56.2 Å². The van der Waals surface area contributed by atoms with Gasteiger partial charge in [0.05, 0.1) is 0 Å². The SMILES string of the molecule is CCC1=Cc2c(-c3cccc(F)c3)cccc2[CH]1[Zr]([Cl])([Cl])([CH]1C(CC)=Cc2c(-c3cccc(F)c3)cccc21)[SiH](C)C. The molecule has 0 nitrogen and oxygen atoms in total. The summed E-state index contributed by atoms with van der Waals surface area (Å²) < 4.78 is 28.6. The van der Waals surface area contributed by atoms with Gasteiger partial charge in [-0.2, -0.15) is 0 Å². The normalized spacial score (nSPS) is 18.7. The number of hydrogen-bond donors (Lipinski definition) is 0. The fourth-order valence-electron chi connectivity index (χ4n) is 7.49. The summed E-state index contributed by atoms with van der Waals surface area (Å²) in [5.74, 6) is -2.19. The first-order valence-corrected chi connectivity index (χ1v) is 31.2. The minimum absolute atomic E-state index is 0.0290. The minimum atomic E-state index is -4.88. The molecule has 0 aliphatic heterocycles. The van der Waals surface area contributed by atoms with Crippen molar-refractivity contribution in [2.75, 3.05) is 0 Å². The van der Waals surface area contributed by atoms with Crippen LogP contribution in [-0.2, 0) is 15.6 Å². The Labute approximate surface area is 256 Å². The molecule has 0 aromatic heterocycles. The molecule has 4 aromatic rings. The van der Waals surface area contributed by atoms with Gasteiger partial charge in [-0.3, -0.25) is 0 Å². The van der Waals surface area contributed by atoms with Gasteiger partial charge in [0.1, 0.15) is 0 Å². The van der Waals surface area contributed by atoms with Gasteiger partial charge in [0.25, 0.3) is 0 Å². The van der Waals surface area contributed by atoms with Crippen molar-refractivity contribution < 1.29 is 24.3 Å². The van der Waals surface area contributed by atoms with Crippen LogP contribution < -0.4 is 0 Å². The Bertz CT molecular complexity index is 1650. The molecule has 2 aliphatic rings. The van der Waals surface area contributed by atoms with Gasteiger partial charge < -0.3 is 0 Å². The number of allylic oxidation sites excluding steroid dienone is 2. The predicted molar refractivity (Wildman–Crippen MR) is 176 cm³/mol. The molecule has 2 aliphatic carbocycles. The number of hydrogen-bond acceptors (Lipinski definition) is 0. The average Bonchev–Trinajstić information content (AvgIpc) is 3.57. The number of fused-ring (bicyclic) bond motifs is 2. The molecule has 0 amide bonds. The monoisotopic (exact) mass is 693 g/mol. The van der Waals surface area contributed by atoms with Crippen molar-refractivity contribution in [3.63, 3.8) is 0 Å². The average molecular weight is 696 g/mol. The van der Waals surface area contributed by atoms with E-state index in [-0.39, 0.29) is 18.9 Å². The molecule has 2 unspecified atom stereocenters. The van der Waals surface area contributed by atoms with E-state index in [4.69, 9.17) is 17.0 Å². The van der Waals surface area contributed by atoms with Crippen molar-refractivity contribution in [3.05, 3.63) is 130 Å². The molecule has 0 fully saturated rings. The number of rotatable bonds is 7. The Kier molecular flexibility index (Phi) is 7.93. The van der Waals surface area contributed by atoms with Gasteiger partial charge >= 0.3 is 259 Å². The molecule has 0 bridgehead atoms. The van der Waals surface area contributed by atoms with E-state index in [0.29, 0.717) is 0 Å². The molecule has 6 heteroatoms. The Morgan fingerprint density at radius 2 is 1.05 bits per heavy atom. The molecule has 215 valence electrons. The molecule has 2 atom stereocenters. The first-order valence-electron chi connectivity index (χ1n) is 14.8. The zero-order valence-corrected chi connectivity index (χ0v) is 29.5. The Hall–Kier alpha value is -2.10. The van der Waals surface area contributed by atoms with E-state index in [1.807, 2.05) is 12.1 Å². The van der Waals surface area contributed by atoms with E-state index in [1.54, 1.807) is 24.3 Å². The van der Waals surface area contributed by atoms with E-state index >= 15 is 0 Å². The zero-order chi connectivity index (χ0) is 29.8. The molecular weight excluding hydrogens is 661 g/mol. The van der Waals surface area contributed by atoms with Gasteiger partial charge in [0.15, 0.2) is 0 Å². The Balaban J connectivity index is 1.59. The second-order valence-corrected chi connectivity index (χ2v) is 54.5. The van der Waals surface area contributed by atoms with Crippen LogP contribution in [0.5, 0.6) is 0 Å². The second kappa shape index (κ2) is 11.1. The molecule has 0 radical (unpaired) electrons. The fraction of sp³-hybridized carbons (Fsp3) is 0.222. The van der Waals surface area contributed by atoms with Gasteiger partial charge in [-0.1, -0.05) is 0 Å². The van der Waals surface area contributed by atoms with E-state index in [9.17, 15) is 8.78 Å². The van der Waals surface area contributed by atoms with Gasteiger partial charge in [-0.25, -0.2) is 0 Å². The second-order valence-electron chi connectivity index (χ2n) is 12.0. The Morgan fingerprint density at radius 1 is 0.643 bits per heavy atom. The van der Waals surface area contributed by atoms with Crippen molar-refractivity contribution >= 4 is 35.1 Å². The summed E-state index contributed by atoms with van der Waals surface area (Å²) in [5, 5.41) is 0. The van der Waals surface area contributed by atoms with Gasteiger partial charge in [0.2, 0.25) is 0 Å². The maximum atomic E-state index is 14.3. The molecular formula is C36H35Cl2F2SiZr. The van der Waals surface area contributed by atoms with E-state index in [0.717, 1.165) is 46.2 Å². The van der Waals surface area contributed by atoms with Crippen molar-refractivity contribution in [3.8, 4) is 22.3 Å². The fourth-order valence-corrected chi connectivity index (χ4v) is 39.3. The Morgan fingerprint density at radius 3 is 1.40 bits per heavy atom. The number of benzene rings is 4. The summed E-state index contributed by atoms with van der Waals surface area (Å²) in [6, 6.07) is 26.3. The first-order chi connectivity index (χ1) is 20.1. The third kappa shape index (κ3) is 4.60. The van der Waals surface area contributed by atoms with Gasteiger partial charge in [-0.05, 0) is 0 Å².